The number of hydrogen-bond acceptors (Lipinski definition) is 6. The largest absolute Gasteiger partial charge is 0.493 e. The third kappa shape index (κ3) is 5.99. The molecule has 0 bridgehead atoms. The van der Waals surface area contributed by atoms with E-state index in [-0.39, 0.29) is 29.0 Å². The molecule has 0 spiro atoms. The first-order valence-electron chi connectivity index (χ1n) is 9.03. The molecule has 0 unspecified atom stereocenters. The van der Waals surface area contributed by atoms with Crippen LogP contribution in [0.25, 0.3) is 0 Å². The van der Waals surface area contributed by atoms with Crippen LogP contribution in [0.1, 0.15) is 19.4 Å². The molecule has 2 aromatic carbocycles. The highest BCUT2D eigenvalue weighted by atomic mass is 35.5. The topological polar surface area (TPSA) is 91.1 Å². The molecule has 0 saturated carbocycles. The number of hydrogen-bond donors (Lipinski definition) is 0. The lowest BCUT2D eigenvalue weighted by Gasteiger charge is -2.22. The number of ether oxygens (including phenoxy) is 3. The molecule has 1 amide bonds. The zero-order chi connectivity index (χ0) is 21.4. The number of nitro groups is 1. The van der Waals surface area contributed by atoms with Crippen LogP contribution in [0.5, 0.6) is 17.2 Å². The Labute approximate surface area is 174 Å². The molecule has 0 radical (unpaired) electrons. The second-order valence-corrected chi connectivity index (χ2v) is 6.42. The normalized spacial score (nSPS) is 10.3. The lowest BCUT2D eigenvalue weighted by molar-refractivity contribution is -0.385. The van der Waals surface area contributed by atoms with Crippen molar-refractivity contribution in [1.82, 2.24) is 4.90 Å². The molecule has 9 heteroatoms. The van der Waals surface area contributed by atoms with Crippen LogP contribution < -0.4 is 14.2 Å². The monoisotopic (exact) mass is 422 g/mol. The van der Waals surface area contributed by atoms with E-state index in [1.54, 1.807) is 18.1 Å². The summed E-state index contributed by atoms with van der Waals surface area (Å²) in [6, 6.07) is 9.49. The summed E-state index contributed by atoms with van der Waals surface area (Å²) in [5.74, 6) is 0.906. The van der Waals surface area contributed by atoms with Crippen LogP contribution in [-0.4, -0.2) is 42.6 Å². The predicted molar refractivity (Wildman–Crippen MR) is 109 cm³/mol. The molecule has 0 aliphatic rings. The van der Waals surface area contributed by atoms with Gasteiger partial charge in [-0.15, -0.1) is 0 Å². The maximum absolute atomic E-state index is 12.6. The molecule has 29 heavy (non-hydrogen) atoms. The summed E-state index contributed by atoms with van der Waals surface area (Å²) >= 11 is 5.79. The number of likely N-dealkylation sites (N-methyl/N-ethyl adjacent to an activating group) is 1. The highest BCUT2D eigenvalue weighted by Gasteiger charge is 2.19. The van der Waals surface area contributed by atoms with E-state index < -0.39 is 4.92 Å². The van der Waals surface area contributed by atoms with Gasteiger partial charge in [0.1, 0.15) is 0 Å². The average Bonchev–Trinajstić information content (AvgIpc) is 2.71. The number of rotatable bonds is 10. The van der Waals surface area contributed by atoms with Gasteiger partial charge in [0.25, 0.3) is 5.91 Å². The minimum absolute atomic E-state index is 0.00783. The Hall–Kier alpha value is -3.00. The van der Waals surface area contributed by atoms with Gasteiger partial charge in [-0.25, -0.2) is 0 Å². The van der Waals surface area contributed by atoms with Gasteiger partial charge in [-0.1, -0.05) is 17.7 Å². The summed E-state index contributed by atoms with van der Waals surface area (Å²) in [7, 11) is 1.55. The van der Waals surface area contributed by atoms with Crippen LogP contribution in [0.15, 0.2) is 36.4 Å². The fourth-order valence-corrected chi connectivity index (χ4v) is 2.83. The Morgan fingerprint density at radius 1 is 1.10 bits per heavy atom. The Bertz CT molecular complexity index is 874. The van der Waals surface area contributed by atoms with Crippen molar-refractivity contribution < 1.29 is 23.9 Å². The highest BCUT2D eigenvalue weighted by Crippen LogP contribution is 2.30. The van der Waals surface area contributed by atoms with Crippen molar-refractivity contribution in [2.75, 3.05) is 26.9 Å². The fraction of sp³-hybridized carbons (Fsp3) is 0.350. The Morgan fingerprint density at radius 2 is 1.83 bits per heavy atom. The van der Waals surface area contributed by atoms with Crippen LogP contribution in [0, 0.1) is 10.1 Å². The first kappa shape index (κ1) is 22.3. The quantitative estimate of drug-likeness (QED) is 0.423. The number of nitrogens with zero attached hydrogens (tertiary/aromatic N) is 2. The minimum atomic E-state index is -0.602. The third-order valence-electron chi connectivity index (χ3n) is 4.10. The first-order valence-corrected chi connectivity index (χ1v) is 9.41. The fourth-order valence-electron chi connectivity index (χ4n) is 2.67. The maximum Gasteiger partial charge on any atom is 0.312 e. The zero-order valence-corrected chi connectivity index (χ0v) is 17.3. The number of nitro benzene ring substituents is 1. The standard InChI is InChI=1S/C20H23ClN2O6/c1-4-22(12-14-6-8-18(28-5-2)19(10-14)27-3)20(24)13-29-17-9-7-15(21)11-16(17)23(25)26/h6-11H,4-5,12-13H2,1-3H3. The van der Waals surface area contributed by atoms with E-state index in [4.69, 9.17) is 25.8 Å². The van der Waals surface area contributed by atoms with Crippen molar-refractivity contribution in [2.45, 2.75) is 20.4 Å². The van der Waals surface area contributed by atoms with Crippen LogP contribution >= 0.6 is 11.6 Å². The van der Waals surface area contributed by atoms with E-state index in [2.05, 4.69) is 0 Å². The van der Waals surface area contributed by atoms with E-state index in [9.17, 15) is 14.9 Å². The number of benzene rings is 2. The van der Waals surface area contributed by atoms with E-state index >= 15 is 0 Å². The van der Waals surface area contributed by atoms with Crippen LogP contribution in [0.4, 0.5) is 5.69 Å². The van der Waals surface area contributed by atoms with Gasteiger partial charge in [-0.2, -0.15) is 0 Å². The van der Waals surface area contributed by atoms with Gasteiger partial charge < -0.3 is 19.1 Å². The smallest absolute Gasteiger partial charge is 0.312 e. The van der Waals surface area contributed by atoms with E-state index in [1.807, 2.05) is 26.0 Å². The van der Waals surface area contributed by atoms with Crippen molar-refractivity contribution in [2.24, 2.45) is 0 Å². The SMILES string of the molecule is CCOc1ccc(CN(CC)C(=O)COc2ccc(Cl)cc2[N+](=O)[O-])cc1OC. The van der Waals surface area contributed by atoms with Crippen molar-refractivity contribution in [1.29, 1.82) is 0 Å². The Kier molecular flexibility index (Phi) is 8.09. The van der Waals surface area contributed by atoms with Crippen LogP contribution in [0.2, 0.25) is 5.02 Å². The molecule has 2 rings (SSSR count). The summed E-state index contributed by atoms with van der Waals surface area (Å²) in [5, 5.41) is 11.4. The Balaban J connectivity index is 2.07. The molecule has 0 aromatic heterocycles. The van der Waals surface area contributed by atoms with Gasteiger partial charge in [0, 0.05) is 24.2 Å². The van der Waals surface area contributed by atoms with Gasteiger partial charge in [-0.05, 0) is 43.7 Å². The second-order valence-electron chi connectivity index (χ2n) is 5.98. The molecular formula is C20H23ClN2O6. The summed E-state index contributed by atoms with van der Waals surface area (Å²) in [6.45, 7) is 4.70. The average molecular weight is 423 g/mol. The summed E-state index contributed by atoms with van der Waals surface area (Å²) in [5.41, 5.74) is 0.572. The van der Waals surface area contributed by atoms with Gasteiger partial charge in [0.15, 0.2) is 23.9 Å². The van der Waals surface area contributed by atoms with E-state index in [1.165, 1.54) is 18.2 Å². The summed E-state index contributed by atoms with van der Waals surface area (Å²) in [6.07, 6.45) is 0. The predicted octanol–water partition coefficient (Wildman–Crippen LogP) is 4.08. The molecule has 0 saturated heterocycles. The molecular weight excluding hydrogens is 400 g/mol. The lowest BCUT2D eigenvalue weighted by Crippen LogP contribution is -2.34. The van der Waals surface area contributed by atoms with Gasteiger partial charge in [0.05, 0.1) is 18.6 Å². The van der Waals surface area contributed by atoms with E-state index in [0.29, 0.717) is 31.2 Å². The highest BCUT2D eigenvalue weighted by molar-refractivity contribution is 6.30. The van der Waals surface area contributed by atoms with Crippen LogP contribution in [-0.2, 0) is 11.3 Å². The molecule has 0 heterocycles. The zero-order valence-electron chi connectivity index (χ0n) is 16.5. The van der Waals surface area contributed by atoms with Crippen molar-refractivity contribution in [3.05, 3.63) is 57.1 Å². The maximum atomic E-state index is 12.6. The van der Waals surface area contributed by atoms with Crippen molar-refractivity contribution in [3.63, 3.8) is 0 Å². The van der Waals surface area contributed by atoms with Crippen LogP contribution in [0.3, 0.4) is 0 Å². The van der Waals surface area contributed by atoms with E-state index in [0.717, 1.165) is 5.56 Å². The van der Waals surface area contributed by atoms with Gasteiger partial charge in [0.2, 0.25) is 0 Å². The number of carbonyl (C=O) groups excluding carboxylic acids is 1. The number of methoxy groups -OCH3 is 1. The van der Waals surface area contributed by atoms with Crippen molar-refractivity contribution >= 4 is 23.2 Å². The molecule has 2 aromatic rings. The molecule has 0 N–H and O–H groups in total. The number of halogens is 1. The summed E-state index contributed by atoms with van der Waals surface area (Å²) in [4.78, 5) is 24.7. The minimum Gasteiger partial charge on any atom is -0.493 e. The number of carbonyl (C=O) groups is 1. The first-order chi connectivity index (χ1) is 13.9. The van der Waals surface area contributed by atoms with Gasteiger partial charge >= 0.3 is 5.69 Å². The molecule has 0 aliphatic heterocycles. The molecule has 156 valence electrons. The molecule has 0 atom stereocenters. The number of amides is 1. The molecule has 8 nitrogen and oxygen atoms in total. The summed E-state index contributed by atoms with van der Waals surface area (Å²) < 4.78 is 16.2. The van der Waals surface area contributed by atoms with Gasteiger partial charge in [-0.3, -0.25) is 14.9 Å². The second kappa shape index (κ2) is 10.5. The van der Waals surface area contributed by atoms with Crippen molar-refractivity contribution in [3.8, 4) is 17.2 Å². The molecule has 0 aliphatic carbocycles. The lowest BCUT2D eigenvalue weighted by atomic mass is 10.2. The molecule has 0 fully saturated rings. The third-order valence-corrected chi connectivity index (χ3v) is 4.34. The Morgan fingerprint density at radius 3 is 2.45 bits per heavy atom.